The van der Waals surface area contributed by atoms with Crippen LogP contribution in [0, 0.1) is 19.3 Å². The number of ether oxygens (including phenoxy) is 2. The number of hydrogen-bond donors (Lipinski definition) is 1. The first-order chi connectivity index (χ1) is 10.8. The molecule has 0 atom stereocenters. The van der Waals surface area contributed by atoms with E-state index < -0.39 is 0 Å². The van der Waals surface area contributed by atoms with Crippen LogP contribution in [0.3, 0.4) is 0 Å². The van der Waals surface area contributed by atoms with Gasteiger partial charge in [-0.15, -0.1) is 23.7 Å². The summed E-state index contributed by atoms with van der Waals surface area (Å²) in [6.07, 6.45) is 5.90. The molecule has 114 valence electrons. The van der Waals surface area contributed by atoms with Crippen LogP contribution < -0.4 is 14.8 Å². The lowest BCUT2D eigenvalue weighted by Crippen LogP contribution is -2.16. The summed E-state index contributed by atoms with van der Waals surface area (Å²) >= 11 is 1.78. The molecule has 22 heavy (non-hydrogen) atoms. The Bertz CT molecular complexity index is 700. The first-order valence-corrected chi connectivity index (χ1v) is 8.23. The first-order valence-electron chi connectivity index (χ1n) is 7.41. The maximum Gasteiger partial charge on any atom is 0.165 e. The van der Waals surface area contributed by atoms with Gasteiger partial charge in [-0.25, -0.2) is 0 Å². The second-order valence-electron chi connectivity index (χ2n) is 5.20. The van der Waals surface area contributed by atoms with Gasteiger partial charge in [0.05, 0.1) is 6.61 Å². The van der Waals surface area contributed by atoms with Crippen LogP contribution in [0.1, 0.15) is 16.9 Å². The van der Waals surface area contributed by atoms with E-state index in [0.717, 1.165) is 30.2 Å². The SMILES string of the molecule is C#CCCOc1cc(-c2ccc(C)s2)cc2c1OCCNC2. The summed E-state index contributed by atoms with van der Waals surface area (Å²) in [6, 6.07) is 8.54. The Balaban J connectivity index is 1.99. The zero-order valence-corrected chi connectivity index (χ0v) is 13.5. The molecule has 3 rings (SSSR count). The van der Waals surface area contributed by atoms with E-state index in [1.807, 2.05) is 0 Å². The number of hydrogen-bond acceptors (Lipinski definition) is 4. The fraction of sp³-hybridized carbons (Fsp3) is 0.333. The minimum Gasteiger partial charge on any atom is -0.489 e. The van der Waals surface area contributed by atoms with Crippen LogP contribution in [0.4, 0.5) is 0 Å². The van der Waals surface area contributed by atoms with Crippen molar-refractivity contribution in [3.63, 3.8) is 0 Å². The highest BCUT2D eigenvalue weighted by atomic mass is 32.1. The van der Waals surface area contributed by atoms with Crippen LogP contribution in [0.25, 0.3) is 10.4 Å². The van der Waals surface area contributed by atoms with Crippen molar-refractivity contribution < 1.29 is 9.47 Å². The minimum absolute atomic E-state index is 0.507. The predicted molar refractivity (Wildman–Crippen MR) is 90.6 cm³/mol. The third kappa shape index (κ3) is 3.27. The molecule has 1 aliphatic rings. The predicted octanol–water partition coefficient (Wildman–Crippen LogP) is 3.61. The molecule has 2 aromatic rings. The molecular weight excluding hydrogens is 294 g/mol. The van der Waals surface area contributed by atoms with Gasteiger partial charge in [0.1, 0.15) is 6.61 Å². The highest BCUT2D eigenvalue weighted by Crippen LogP contribution is 2.39. The normalized spacial score (nSPS) is 13.6. The van der Waals surface area contributed by atoms with Gasteiger partial charge in [-0.1, -0.05) is 0 Å². The quantitative estimate of drug-likeness (QED) is 0.691. The largest absolute Gasteiger partial charge is 0.489 e. The van der Waals surface area contributed by atoms with E-state index in [-0.39, 0.29) is 0 Å². The molecule has 0 saturated carbocycles. The van der Waals surface area contributed by atoms with Gasteiger partial charge < -0.3 is 14.8 Å². The molecule has 0 spiro atoms. The van der Waals surface area contributed by atoms with Crippen LogP contribution in [0.15, 0.2) is 24.3 Å². The zero-order chi connectivity index (χ0) is 15.4. The number of aryl methyl sites for hydroxylation is 1. The van der Waals surface area contributed by atoms with E-state index >= 15 is 0 Å². The molecule has 0 fully saturated rings. The molecule has 4 heteroatoms. The molecule has 1 aromatic heterocycles. The summed E-state index contributed by atoms with van der Waals surface area (Å²) in [6.45, 7) is 4.90. The van der Waals surface area contributed by atoms with E-state index in [0.29, 0.717) is 19.6 Å². The number of fused-ring (bicyclic) bond motifs is 1. The first kappa shape index (κ1) is 15.0. The van der Waals surface area contributed by atoms with Crippen LogP contribution in [-0.2, 0) is 6.54 Å². The van der Waals surface area contributed by atoms with E-state index in [2.05, 4.69) is 42.4 Å². The smallest absolute Gasteiger partial charge is 0.165 e. The molecule has 1 N–H and O–H groups in total. The van der Waals surface area contributed by atoms with Gasteiger partial charge in [0.2, 0.25) is 0 Å². The van der Waals surface area contributed by atoms with Crippen molar-refractivity contribution in [2.45, 2.75) is 19.9 Å². The molecule has 0 radical (unpaired) electrons. The Morgan fingerprint density at radius 2 is 2.32 bits per heavy atom. The topological polar surface area (TPSA) is 30.5 Å². The number of benzene rings is 1. The van der Waals surface area contributed by atoms with Crippen molar-refractivity contribution in [3.05, 3.63) is 34.7 Å². The van der Waals surface area contributed by atoms with Crippen molar-refractivity contribution in [2.75, 3.05) is 19.8 Å². The van der Waals surface area contributed by atoms with E-state index in [1.54, 1.807) is 11.3 Å². The maximum absolute atomic E-state index is 5.88. The minimum atomic E-state index is 0.507. The summed E-state index contributed by atoms with van der Waals surface area (Å²) in [5, 5.41) is 3.37. The molecule has 1 aliphatic heterocycles. The number of rotatable bonds is 4. The summed E-state index contributed by atoms with van der Waals surface area (Å²) in [5.41, 5.74) is 2.30. The standard InChI is InChI=1S/C18H19NO2S/c1-3-4-8-20-16-11-14(17-6-5-13(2)22-17)10-15-12-19-7-9-21-18(15)16/h1,5-6,10-11,19H,4,7-9,12H2,2H3. The number of terminal acetylenes is 1. The lowest BCUT2D eigenvalue weighted by atomic mass is 10.1. The Labute approximate surface area is 135 Å². The molecule has 1 aromatic carbocycles. The Hall–Kier alpha value is -1.96. The van der Waals surface area contributed by atoms with Crippen LogP contribution in [0.2, 0.25) is 0 Å². The fourth-order valence-electron chi connectivity index (χ4n) is 2.46. The monoisotopic (exact) mass is 313 g/mol. The molecule has 2 heterocycles. The summed E-state index contributed by atoms with van der Waals surface area (Å²) in [5.74, 6) is 4.24. The lowest BCUT2D eigenvalue weighted by molar-refractivity contribution is 0.277. The Morgan fingerprint density at radius 1 is 1.41 bits per heavy atom. The van der Waals surface area contributed by atoms with Gasteiger partial charge in [-0.05, 0) is 36.8 Å². The summed E-state index contributed by atoms with van der Waals surface area (Å²) < 4.78 is 11.7. The van der Waals surface area contributed by atoms with Gasteiger partial charge in [0.15, 0.2) is 11.5 Å². The lowest BCUT2D eigenvalue weighted by Gasteiger charge is -2.15. The average Bonchev–Trinajstić information content (AvgIpc) is 2.81. The number of nitrogens with one attached hydrogen (secondary N) is 1. The molecular formula is C18H19NO2S. The van der Waals surface area contributed by atoms with Gasteiger partial charge in [0, 0.05) is 34.8 Å². The summed E-state index contributed by atoms with van der Waals surface area (Å²) in [7, 11) is 0. The maximum atomic E-state index is 5.88. The molecule has 0 unspecified atom stereocenters. The second-order valence-corrected chi connectivity index (χ2v) is 6.49. The van der Waals surface area contributed by atoms with Crippen molar-refractivity contribution >= 4 is 11.3 Å². The molecule has 0 bridgehead atoms. The van der Waals surface area contributed by atoms with Gasteiger partial charge in [0.25, 0.3) is 0 Å². The van der Waals surface area contributed by atoms with Crippen molar-refractivity contribution in [1.29, 1.82) is 0 Å². The van der Waals surface area contributed by atoms with Gasteiger partial charge >= 0.3 is 0 Å². The second kappa shape index (κ2) is 6.87. The fourth-order valence-corrected chi connectivity index (χ4v) is 3.32. The van der Waals surface area contributed by atoms with E-state index in [4.69, 9.17) is 15.9 Å². The summed E-state index contributed by atoms with van der Waals surface area (Å²) in [4.78, 5) is 2.54. The highest BCUT2D eigenvalue weighted by molar-refractivity contribution is 7.15. The third-order valence-corrected chi connectivity index (χ3v) is 4.55. The van der Waals surface area contributed by atoms with Gasteiger partial charge in [-0.3, -0.25) is 0 Å². The zero-order valence-electron chi connectivity index (χ0n) is 12.6. The van der Waals surface area contributed by atoms with Gasteiger partial charge in [-0.2, -0.15) is 0 Å². The van der Waals surface area contributed by atoms with Crippen molar-refractivity contribution in [1.82, 2.24) is 5.32 Å². The molecule has 0 aliphatic carbocycles. The highest BCUT2D eigenvalue weighted by Gasteiger charge is 2.17. The third-order valence-electron chi connectivity index (χ3n) is 3.50. The number of thiophene rings is 1. The van der Waals surface area contributed by atoms with Crippen LogP contribution in [0.5, 0.6) is 11.5 Å². The molecule has 0 amide bonds. The van der Waals surface area contributed by atoms with Crippen LogP contribution in [-0.4, -0.2) is 19.8 Å². The van der Waals surface area contributed by atoms with Crippen molar-refractivity contribution in [3.8, 4) is 34.3 Å². The average molecular weight is 313 g/mol. The molecule has 0 saturated heterocycles. The van der Waals surface area contributed by atoms with E-state index in [1.165, 1.54) is 15.3 Å². The Morgan fingerprint density at radius 3 is 3.09 bits per heavy atom. The van der Waals surface area contributed by atoms with Crippen molar-refractivity contribution in [2.24, 2.45) is 0 Å². The molecule has 3 nitrogen and oxygen atoms in total. The van der Waals surface area contributed by atoms with Crippen LogP contribution >= 0.6 is 11.3 Å². The Kier molecular flexibility index (Phi) is 4.67. The van der Waals surface area contributed by atoms with E-state index in [9.17, 15) is 0 Å².